The van der Waals surface area contributed by atoms with E-state index in [1.807, 2.05) is 0 Å². The Morgan fingerprint density at radius 1 is 0.260 bits per heavy atom. The Bertz CT molecular complexity index is 1980. The summed E-state index contributed by atoms with van der Waals surface area (Å²) < 4.78 is 68.9. The summed E-state index contributed by atoms with van der Waals surface area (Å²) >= 11 is 0. The SMILES string of the molecule is CCCCCCCCCCCCCCCCCCCCCCCCC(=O)O[C@H](COC(=O)CCCCCCCCCCCCCCCC(C)C)COP(=O)(O)OC[C@@H](O)COP(=O)(O)OC[C@@H](COC(=O)CCCCCCCCCCCCCC)OC(=O)CCCCCCCCCCCCCCCC. The zero-order valence-electron chi connectivity index (χ0n) is 68.2. The van der Waals surface area contributed by atoms with Crippen LogP contribution in [-0.2, 0) is 65.4 Å². The summed E-state index contributed by atoms with van der Waals surface area (Å²) in [6.07, 6.45) is 70.7. The predicted molar refractivity (Wildman–Crippen MR) is 428 cm³/mol. The standard InChI is InChI=1S/C85H166O17P2/c1-6-9-12-15-18-21-24-27-29-30-31-32-33-34-35-36-40-46-51-56-61-66-71-85(90)102-81(75-96-83(88)69-64-59-54-49-44-41-37-38-42-47-52-57-62-67-78(4)5)77-100-104(93,94)98-73-79(86)72-97-103(91,92)99-76-80(74-95-82(87)68-63-58-53-48-43-26-23-20-17-14-11-8-3)101-84(89)70-65-60-55-50-45-39-28-25-22-19-16-13-10-7-2/h78-81,86H,6-77H2,1-5H3,(H,91,92)(H,93,94)/t79-,80+,81+/m0/s1. The first-order valence-corrected chi connectivity index (χ1v) is 47.1. The Kier molecular flexibility index (Phi) is 76.3. The number of phosphoric ester groups is 2. The van der Waals surface area contributed by atoms with Gasteiger partial charge in [-0.2, -0.15) is 0 Å². The summed E-state index contributed by atoms with van der Waals surface area (Å²) in [5.74, 6) is -1.31. The fourth-order valence-corrected chi connectivity index (χ4v) is 14.9. The smallest absolute Gasteiger partial charge is 0.462 e. The highest BCUT2D eigenvalue weighted by Crippen LogP contribution is 2.45. The average molecular weight is 1520 g/mol. The first-order valence-electron chi connectivity index (χ1n) is 44.1. The van der Waals surface area contributed by atoms with Gasteiger partial charge < -0.3 is 33.8 Å². The van der Waals surface area contributed by atoms with E-state index in [2.05, 4.69) is 34.6 Å². The van der Waals surface area contributed by atoms with Gasteiger partial charge in [0, 0.05) is 25.7 Å². The molecule has 104 heavy (non-hydrogen) atoms. The maximum Gasteiger partial charge on any atom is 0.472 e. The number of aliphatic hydroxyl groups excluding tert-OH is 1. The van der Waals surface area contributed by atoms with Crippen molar-refractivity contribution in [1.29, 1.82) is 0 Å². The van der Waals surface area contributed by atoms with Gasteiger partial charge in [-0.05, 0) is 31.6 Å². The van der Waals surface area contributed by atoms with Gasteiger partial charge in [-0.1, -0.05) is 407 Å². The fraction of sp³-hybridized carbons (Fsp3) is 0.953. The van der Waals surface area contributed by atoms with Crippen LogP contribution in [0.25, 0.3) is 0 Å². The topological polar surface area (TPSA) is 237 Å². The highest BCUT2D eigenvalue weighted by atomic mass is 31.2. The number of hydrogen-bond donors (Lipinski definition) is 3. The van der Waals surface area contributed by atoms with Gasteiger partial charge in [0.2, 0.25) is 0 Å². The molecular weight excluding hydrogens is 1350 g/mol. The third kappa shape index (κ3) is 78.2. The van der Waals surface area contributed by atoms with E-state index < -0.39 is 97.5 Å². The number of carbonyl (C=O) groups excluding carboxylic acids is 4. The molecular formula is C85H166O17P2. The van der Waals surface area contributed by atoms with Crippen molar-refractivity contribution in [2.24, 2.45) is 5.92 Å². The molecule has 0 aliphatic heterocycles. The zero-order chi connectivity index (χ0) is 76.2. The predicted octanol–water partition coefficient (Wildman–Crippen LogP) is 26.0. The number of rotatable bonds is 85. The number of unbranched alkanes of at least 4 members (excludes halogenated alkanes) is 57. The van der Waals surface area contributed by atoms with Gasteiger partial charge >= 0.3 is 39.5 Å². The van der Waals surface area contributed by atoms with E-state index in [1.165, 1.54) is 283 Å². The molecule has 0 rings (SSSR count). The monoisotopic (exact) mass is 1520 g/mol. The van der Waals surface area contributed by atoms with Crippen molar-refractivity contribution in [3.63, 3.8) is 0 Å². The molecule has 618 valence electrons. The first-order chi connectivity index (χ1) is 50.5. The second-order valence-electron chi connectivity index (χ2n) is 31.1. The van der Waals surface area contributed by atoms with Crippen LogP contribution in [0.1, 0.15) is 458 Å². The first kappa shape index (κ1) is 102. The van der Waals surface area contributed by atoms with Crippen LogP contribution in [0, 0.1) is 5.92 Å². The van der Waals surface area contributed by atoms with Crippen molar-refractivity contribution < 1.29 is 80.2 Å². The van der Waals surface area contributed by atoms with Crippen LogP contribution in [0.15, 0.2) is 0 Å². The lowest BCUT2D eigenvalue weighted by Crippen LogP contribution is -2.30. The molecule has 0 aromatic carbocycles. The number of aliphatic hydroxyl groups is 1. The zero-order valence-corrected chi connectivity index (χ0v) is 70.0. The van der Waals surface area contributed by atoms with Gasteiger partial charge in [-0.3, -0.25) is 37.3 Å². The van der Waals surface area contributed by atoms with Gasteiger partial charge in [0.25, 0.3) is 0 Å². The van der Waals surface area contributed by atoms with E-state index in [9.17, 15) is 43.2 Å². The Hall–Kier alpha value is -1.94. The number of esters is 4. The third-order valence-corrected chi connectivity index (χ3v) is 21.9. The summed E-state index contributed by atoms with van der Waals surface area (Å²) in [6.45, 7) is 7.38. The maximum absolute atomic E-state index is 13.1. The average Bonchev–Trinajstić information content (AvgIpc) is 0.903. The molecule has 17 nitrogen and oxygen atoms in total. The third-order valence-electron chi connectivity index (χ3n) is 20.0. The molecule has 0 bridgehead atoms. The minimum absolute atomic E-state index is 0.109. The van der Waals surface area contributed by atoms with Crippen molar-refractivity contribution >= 4 is 39.5 Å². The van der Waals surface area contributed by atoms with Gasteiger partial charge in [0.05, 0.1) is 26.4 Å². The second-order valence-corrected chi connectivity index (χ2v) is 34.0. The summed E-state index contributed by atoms with van der Waals surface area (Å²) in [4.78, 5) is 73.2. The fourth-order valence-electron chi connectivity index (χ4n) is 13.3. The molecule has 0 radical (unpaired) electrons. The summed E-state index contributed by atoms with van der Waals surface area (Å²) in [6, 6.07) is 0. The van der Waals surface area contributed by atoms with Crippen LogP contribution < -0.4 is 0 Å². The Morgan fingerprint density at radius 3 is 0.654 bits per heavy atom. The van der Waals surface area contributed by atoms with Crippen molar-refractivity contribution in [1.82, 2.24) is 0 Å². The van der Waals surface area contributed by atoms with E-state index in [4.69, 9.17) is 37.0 Å². The van der Waals surface area contributed by atoms with Gasteiger partial charge in [-0.15, -0.1) is 0 Å². The van der Waals surface area contributed by atoms with Crippen LogP contribution in [0.5, 0.6) is 0 Å². The Labute approximate surface area is 638 Å². The largest absolute Gasteiger partial charge is 0.472 e. The lowest BCUT2D eigenvalue weighted by molar-refractivity contribution is -0.161. The summed E-state index contributed by atoms with van der Waals surface area (Å²) in [5.41, 5.74) is 0. The lowest BCUT2D eigenvalue weighted by atomic mass is 10.0. The van der Waals surface area contributed by atoms with Crippen molar-refractivity contribution in [2.45, 2.75) is 477 Å². The van der Waals surface area contributed by atoms with E-state index in [-0.39, 0.29) is 25.7 Å². The quantitative estimate of drug-likeness (QED) is 0.0222. The van der Waals surface area contributed by atoms with E-state index >= 15 is 0 Å². The van der Waals surface area contributed by atoms with E-state index in [0.717, 1.165) is 95.8 Å². The van der Waals surface area contributed by atoms with Crippen LogP contribution in [0.3, 0.4) is 0 Å². The highest BCUT2D eigenvalue weighted by molar-refractivity contribution is 7.47. The van der Waals surface area contributed by atoms with Gasteiger partial charge in [-0.25, -0.2) is 9.13 Å². The van der Waals surface area contributed by atoms with Crippen molar-refractivity contribution in [3.8, 4) is 0 Å². The summed E-state index contributed by atoms with van der Waals surface area (Å²) in [5, 5.41) is 10.7. The molecule has 0 fully saturated rings. The molecule has 2 unspecified atom stereocenters. The van der Waals surface area contributed by atoms with Crippen molar-refractivity contribution in [3.05, 3.63) is 0 Å². The Balaban J connectivity index is 5.23. The van der Waals surface area contributed by atoms with Crippen LogP contribution >= 0.6 is 15.6 Å². The molecule has 0 saturated carbocycles. The normalized spacial score (nSPS) is 13.8. The molecule has 0 heterocycles. The minimum Gasteiger partial charge on any atom is -0.462 e. The molecule has 3 N–H and O–H groups in total. The summed E-state index contributed by atoms with van der Waals surface area (Å²) in [7, 11) is -9.92. The second kappa shape index (κ2) is 77.8. The molecule has 0 aliphatic rings. The number of carbonyl (C=O) groups is 4. The number of ether oxygens (including phenoxy) is 4. The van der Waals surface area contributed by atoms with Gasteiger partial charge in [0.1, 0.15) is 19.3 Å². The highest BCUT2D eigenvalue weighted by Gasteiger charge is 2.30. The van der Waals surface area contributed by atoms with E-state index in [1.54, 1.807) is 0 Å². The minimum atomic E-state index is -4.96. The van der Waals surface area contributed by atoms with Crippen LogP contribution in [0.2, 0.25) is 0 Å². The number of phosphoric acid groups is 2. The van der Waals surface area contributed by atoms with Gasteiger partial charge in [0.15, 0.2) is 12.2 Å². The molecule has 0 aromatic heterocycles. The number of hydrogen-bond acceptors (Lipinski definition) is 15. The molecule has 0 saturated heterocycles. The maximum atomic E-state index is 13.1. The van der Waals surface area contributed by atoms with Crippen molar-refractivity contribution in [2.75, 3.05) is 39.6 Å². The van der Waals surface area contributed by atoms with Crippen LogP contribution in [-0.4, -0.2) is 96.7 Å². The molecule has 0 aliphatic carbocycles. The van der Waals surface area contributed by atoms with E-state index in [0.29, 0.717) is 25.7 Å². The van der Waals surface area contributed by atoms with Crippen LogP contribution in [0.4, 0.5) is 0 Å². The Morgan fingerprint density at radius 2 is 0.442 bits per heavy atom. The molecule has 19 heteroatoms. The lowest BCUT2D eigenvalue weighted by Gasteiger charge is -2.21. The molecule has 0 aromatic rings. The molecule has 0 amide bonds. The molecule has 5 atom stereocenters. The molecule has 0 spiro atoms.